The summed E-state index contributed by atoms with van der Waals surface area (Å²) in [4.78, 5) is 16.2. The van der Waals surface area contributed by atoms with Gasteiger partial charge in [-0.15, -0.1) is 0 Å². The lowest BCUT2D eigenvalue weighted by Gasteiger charge is -2.18. The minimum Gasteiger partial charge on any atom is -0.490 e. The SMILES string of the molecule is CCOCCOCCOc1ccc(C2OC2C(=O)OC(C)(C)C)nc1. The molecule has 140 valence electrons. The molecule has 0 bridgehead atoms. The van der Waals surface area contributed by atoms with Crippen molar-refractivity contribution in [1.29, 1.82) is 0 Å². The number of ether oxygens (including phenoxy) is 5. The molecule has 1 fully saturated rings. The van der Waals surface area contributed by atoms with Gasteiger partial charge in [0.05, 0.1) is 31.7 Å². The van der Waals surface area contributed by atoms with Crippen LogP contribution in [0.4, 0.5) is 0 Å². The Labute approximate surface area is 148 Å². The molecular formula is C18H27NO6. The second-order valence-corrected chi connectivity index (χ2v) is 6.59. The largest absolute Gasteiger partial charge is 0.490 e. The van der Waals surface area contributed by atoms with Crippen LogP contribution in [0.5, 0.6) is 5.75 Å². The molecule has 1 aliphatic heterocycles. The summed E-state index contributed by atoms with van der Waals surface area (Å²) in [5, 5.41) is 0. The van der Waals surface area contributed by atoms with Crippen molar-refractivity contribution in [3.8, 4) is 5.75 Å². The molecule has 0 radical (unpaired) electrons. The van der Waals surface area contributed by atoms with Gasteiger partial charge in [-0.2, -0.15) is 0 Å². The fourth-order valence-electron chi connectivity index (χ4n) is 2.10. The highest BCUT2D eigenvalue weighted by Crippen LogP contribution is 2.39. The average molecular weight is 353 g/mol. The Kier molecular flexibility index (Phi) is 7.16. The smallest absolute Gasteiger partial charge is 0.338 e. The number of pyridine rings is 1. The van der Waals surface area contributed by atoms with Gasteiger partial charge in [-0.05, 0) is 39.8 Å². The molecule has 7 heteroatoms. The van der Waals surface area contributed by atoms with E-state index in [0.717, 1.165) is 0 Å². The van der Waals surface area contributed by atoms with E-state index < -0.39 is 11.7 Å². The van der Waals surface area contributed by atoms with Crippen molar-refractivity contribution in [2.24, 2.45) is 0 Å². The molecule has 1 saturated heterocycles. The van der Waals surface area contributed by atoms with E-state index in [1.165, 1.54) is 0 Å². The highest BCUT2D eigenvalue weighted by atomic mass is 16.6. The van der Waals surface area contributed by atoms with Crippen LogP contribution in [-0.2, 0) is 23.7 Å². The van der Waals surface area contributed by atoms with E-state index in [0.29, 0.717) is 44.5 Å². The Hall–Kier alpha value is -1.70. The van der Waals surface area contributed by atoms with E-state index in [-0.39, 0.29) is 12.1 Å². The summed E-state index contributed by atoms with van der Waals surface area (Å²) < 4.78 is 26.8. The van der Waals surface area contributed by atoms with Crippen LogP contribution in [0.25, 0.3) is 0 Å². The summed E-state index contributed by atoms with van der Waals surface area (Å²) in [5.74, 6) is 0.287. The third-order valence-corrected chi connectivity index (χ3v) is 3.25. The minimum absolute atomic E-state index is 0.342. The Morgan fingerprint density at radius 1 is 1.16 bits per heavy atom. The summed E-state index contributed by atoms with van der Waals surface area (Å²) in [6.45, 7) is 10.2. The Balaban J connectivity index is 1.68. The Morgan fingerprint density at radius 2 is 1.88 bits per heavy atom. The zero-order chi connectivity index (χ0) is 18.3. The molecule has 0 saturated carbocycles. The molecule has 2 atom stereocenters. The minimum atomic E-state index is -0.572. The predicted molar refractivity (Wildman–Crippen MR) is 90.5 cm³/mol. The predicted octanol–water partition coefficient (Wildman–Crippen LogP) is 2.30. The van der Waals surface area contributed by atoms with Crippen molar-refractivity contribution >= 4 is 5.97 Å². The number of rotatable bonds is 10. The standard InChI is InChI=1S/C18H27NO6/c1-5-21-8-9-22-10-11-23-13-6-7-14(19-12-13)15-16(24-15)17(20)25-18(2,3)4/h6-7,12,15-16H,5,8-11H2,1-4H3. The molecule has 0 spiro atoms. The lowest BCUT2D eigenvalue weighted by molar-refractivity contribution is -0.156. The van der Waals surface area contributed by atoms with Crippen LogP contribution in [0.2, 0.25) is 0 Å². The van der Waals surface area contributed by atoms with Crippen molar-refractivity contribution in [2.75, 3.05) is 33.0 Å². The third-order valence-electron chi connectivity index (χ3n) is 3.25. The Bertz CT molecular complexity index is 539. The van der Waals surface area contributed by atoms with Crippen molar-refractivity contribution < 1.29 is 28.5 Å². The highest BCUT2D eigenvalue weighted by molar-refractivity contribution is 5.78. The molecule has 7 nitrogen and oxygen atoms in total. The molecule has 0 aliphatic carbocycles. The van der Waals surface area contributed by atoms with Crippen molar-refractivity contribution in [3.05, 3.63) is 24.0 Å². The third kappa shape index (κ3) is 6.97. The maximum absolute atomic E-state index is 11.9. The molecule has 1 aliphatic rings. The quantitative estimate of drug-likeness (QED) is 0.363. The van der Waals surface area contributed by atoms with E-state index in [9.17, 15) is 4.79 Å². The molecule has 0 N–H and O–H groups in total. The molecule has 25 heavy (non-hydrogen) atoms. The van der Waals surface area contributed by atoms with E-state index >= 15 is 0 Å². The van der Waals surface area contributed by atoms with Gasteiger partial charge in [-0.1, -0.05) is 0 Å². The topological polar surface area (TPSA) is 79.4 Å². The second kappa shape index (κ2) is 9.12. The zero-order valence-corrected chi connectivity index (χ0v) is 15.3. The number of aromatic nitrogens is 1. The molecule has 2 unspecified atom stereocenters. The van der Waals surface area contributed by atoms with E-state index in [1.54, 1.807) is 18.3 Å². The summed E-state index contributed by atoms with van der Waals surface area (Å²) >= 11 is 0. The Morgan fingerprint density at radius 3 is 2.52 bits per heavy atom. The first-order valence-electron chi connectivity index (χ1n) is 8.53. The molecule has 0 amide bonds. The van der Waals surface area contributed by atoms with Gasteiger partial charge in [-0.25, -0.2) is 4.79 Å². The number of esters is 1. The van der Waals surface area contributed by atoms with Gasteiger partial charge in [0.15, 0.2) is 6.10 Å². The monoisotopic (exact) mass is 353 g/mol. The van der Waals surface area contributed by atoms with Gasteiger partial charge in [0.25, 0.3) is 0 Å². The normalized spacial score (nSPS) is 19.5. The van der Waals surface area contributed by atoms with Gasteiger partial charge < -0.3 is 23.7 Å². The maximum Gasteiger partial charge on any atom is 0.338 e. The molecule has 2 rings (SSSR count). The fourth-order valence-corrected chi connectivity index (χ4v) is 2.10. The van der Waals surface area contributed by atoms with Crippen LogP contribution in [0.15, 0.2) is 18.3 Å². The lowest BCUT2D eigenvalue weighted by atomic mass is 10.2. The first-order chi connectivity index (χ1) is 11.9. The van der Waals surface area contributed by atoms with Crippen LogP contribution < -0.4 is 4.74 Å². The summed E-state index contributed by atoms with van der Waals surface area (Å²) in [6, 6.07) is 3.59. The fraction of sp³-hybridized carbons (Fsp3) is 0.667. The van der Waals surface area contributed by atoms with Gasteiger partial charge in [0.1, 0.15) is 24.1 Å². The van der Waals surface area contributed by atoms with Gasteiger partial charge >= 0.3 is 5.97 Å². The first-order valence-corrected chi connectivity index (χ1v) is 8.53. The van der Waals surface area contributed by atoms with Crippen LogP contribution in [0.1, 0.15) is 39.5 Å². The number of carbonyl (C=O) groups is 1. The van der Waals surface area contributed by atoms with Gasteiger partial charge in [0.2, 0.25) is 0 Å². The van der Waals surface area contributed by atoms with Crippen LogP contribution >= 0.6 is 0 Å². The van der Waals surface area contributed by atoms with E-state index in [1.807, 2.05) is 27.7 Å². The lowest BCUT2D eigenvalue weighted by Crippen LogP contribution is -2.26. The number of hydrogen-bond donors (Lipinski definition) is 0. The van der Waals surface area contributed by atoms with Crippen molar-refractivity contribution in [1.82, 2.24) is 4.98 Å². The molecule has 1 aromatic rings. The van der Waals surface area contributed by atoms with Gasteiger partial charge in [-0.3, -0.25) is 4.98 Å². The zero-order valence-electron chi connectivity index (χ0n) is 15.3. The van der Waals surface area contributed by atoms with E-state index in [2.05, 4.69) is 4.98 Å². The molecule has 1 aromatic heterocycles. The summed E-state index contributed by atoms with van der Waals surface area (Å²) in [6.07, 6.45) is 0.701. The molecular weight excluding hydrogens is 326 g/mol. The second-order valence-electron chi connectivity index (χ2n) is 6.59. The van der Waals surface area contributed by atoms with Gasteiger partial charge in [0, 0.05) is 6.61 Å². The highest BCUT2D eigenvalue weighted by Gasteiger charge is 2.49. The van der Waals surface area contributed by atoms with Crippen LogP contribution in [0.3, 0.4) is 0 Å². The first kappa shape index (κ1) is 19.6. The number of hydrogen-bond acceptors (Lipinski definition) is 7. The number of epoxide rings is 1. The van der Waals surface area contributed by atoms with Crippen molar-refractivity contribution in [3.63, 3.8) is 0 Å². The number of nitrogens with zero attached hydrogens (tertiary/aromatic N) is 1. The van der Waals surface area contributed by atoms with Crippen LogP contribution in [-0.4, -0.2) is 55.7 Å². The number of carbonyl (C=O) groups excluding carboxylic acids is 1. The van der Waals surface area contributed by atoms with Crippen molar-refractivity contribution in [2.45, 2.75) is 45.5 Å². The average Bonchev–Trinajstić information content (AvgIpc) is 3.34. The summed E-state index contributed by atoms with van der Waals surface area (Å²) in [7, 11) is 0. The summed E-state index contributed by atoms with van der Waals surface area (Å²) in [5.41, 5.74) is 0.167. The molecule has 0 aromatic carbocycles. The van der Waals surface area contributed by atoms with E-state index in [4.69, 9.17) is 23.7 Å². The van der Waals surface area contributed by atoms with Crippen LogP contribution in [0, 0.1) is 0 Å². The maximum atomic E-state index is 11.9. The molecule has 2 heterocycles.